The molecule has 0 amide bonds. The third-order valence-corrected chi connectivity index (χ3v) is 3.34. The number of hydrogen-bond acceptors (Lipinski definition) is 4. The summed E-state index contributed by atoms with van der Waals surface area (Å²) in [5.74, 6) is 1.56. The molecular weight excluding hydrogens is 252 g/mol. The summed E-state index contributed by atoms with van der Waals surface area (Å²) in [7, 11) is 0. The maximum absolute atomic E-state index is 5.87. The Bertz CT molecular complexity index is 753. The fourth-order valence-electron chi connectivity index (χ4n) is 2.40. The number of benzene rings is 1. The lowest BCUT2D eigenvalue weighted by Gasteiger charge is -2.03. The zero-order valence-corrected chi connectivity index (χ0v) is 11.9. The second-order valence-corrected chi connectivity index (χ2v) is 5.62. The Morgan fingerprint density at radius 3 is 2.80 bits per heavy atom. The molecule has 2 N–H and O–H groups in total. The Balaban J connectivity index is 2.11. The van der Waals surface area contributed by atoms with Gasteiger partial charge >= 0.3 is 0 Å². The summed E-state index contributed by atoms with van der Waals surface area (Å²) in [4.78, 5) is 0. The summed E-state index contributed by atoms with van der Waals surface area (Å²) in [5.41, 5.74) is 9.56. The highest BCUT2D eigenvalue weighted by molar-refractivity contribution is 5.83. The second kappa shape index (κ2) is 4.71. The summed E-state index contributed by atoms with van der Waals surface area (Å²) in [6, 6.07) is 8.08. The van der Waals surface area contributed by atoms with Crippen LogP contribution in [0.2, 0.25) is 0 Å². The number of furan rings is 1. The van der Waals surface area contributed by atoms with Crippen LogP contribution in [0.15, 0.2) is 33.2 Å². The lowest BCUT2D eigenvalue weighted by Crippen LogP contribution is -1.98. The second-order valence-electron chi connectivity index (χ2n) is 5.62. The third-order valence-electron chi connectivity index (χ3n) is 3.34. The van der Waals surface area contributed by atoms with Crippen molar-refractivity contribution in [3.05, 3.63) is 35.4 Å². The van der Waals surface area contributed by atoms with Crippen molar-refractivity contribution in [3.63, 3.8) is 0 Å². The molecule has 0 bridgehead atoms. The zero-order chi connectivity index (χ0) is 14.3. The minimum Gasteiger partial charge on any atom is -0.454 e. The predicted octanol–water partition coefficient (Wildman–Crippen LogP) is 4.18. The number of rotatable bonds is 3. The topological polar surface area (TPSA) is 65.2 Å². The highest BCUT2D eigenvalue weighted by atomic mass is 16.5. The van der Waals surface area contributed by atoms with Crippen LogP contribution in [0.3, 0.4) is 0 Å². The highest BCUT2D eigenvalue weighted by Crippen LogP contribution is 2.33. The molecule has 0 aliphatic rings. The lowest BCUT2D eigenvalue weighted by molar-refractivity contribution is 0.435. The van der Waals surface area contributed by atoms with Gasteiger partial charge in [0.2, 0.25) is 5.88 Å². The van der Waals surface area contributed by atoms with Crippen molar-refractivity contribution in [3.8, 4) is 11.5 Å². The third kappa shape index (κ3) is 2.18. The van der Waals surface area contributed by atoms with Crippen molar-refractivity contribution in [1.82, 2.24) is 5.16 Å². The van der Waals surface area contributed by atoms with Crippen LogP contribution in [-0.2, 0) is 6.42 Å². The Morgan fingerprint density at radius 2 is 2.05 bits per heavy atom. The van der Waals surface area contributed by atoms with Crippen molar-refractivity contribution < 1.29 is 8.94 Å². The van der Waals surface area contributed by atoms with Crippen LogP contribution in [0.1, 0.15) is 25.0 Å². The number of nitrogen functional groups attached to an aromatic ring is 1. The van der Waals surface area contributed by atoms with Gasteiger partial charge in [-0.25, -0.2) is 0 Å². The van der Waals surface area contributed by atoms with Crippen molar-refractivity contribution in [2.24, 2.45) is 5.92 Å². The maximum atomic E-state index is 5.87. The van der Waals surface area contributed by atoms with Crippen LogP contribution in [0.25, 0.3) is 22.4 Å². The summed E-state index contributed by atoms with van der Waals surface area (Å²) in [6.45, 7) is 6.33. The number of fused-ring (bicyclic) bond motifs is 1. The van der Waals surface area contributed by atoms with Gasteiger partial charge in [-0.3, -0.25) is 0 Å². The molecule has 3 rings (SSSR count). The minimum absolute atomic E-state index is 0.380. The molecule has 0 fully saturated rings. The van der Waals surface area contributed by atoms with Crippen LogP contribution in [0.4, 0.5) is 5.88 Å². The highest BCUT2D eigenvalue weighted by Gasteiger charge is 2.19. The molecule has 0 unspecified atom stereocenters. The fraction of sp³-hybridized carbons (Fsp3) is 0.312. The molecule has 0 aliphatic heterocycles. The minimum atomic E-state index is 0.380. The van der Waals surface area contributed by atoms with Gasteiger partial charge in [0.15, 0.2) is 11.5 Å². The molecule has 1 aromatic carbocycles. The van der Waals surface area contributed by atoms with Gasteiger partial charge in [-0.1, -0.05) is 30.6 Å². The van der Waals surface area contributed by atoms with E-state index in [0.717, 1.165) is 23.0 Å². The fourth-order valence-corrected chi connectivity index (χ4v) is 2.40. The Morgan fingerprint density at radius 1 is 1.25 bits per heavy atom. The largest absolute Gasteiger partial charge is 0.454 e. The van der Waals surface area contributed by atoms with Gasteiger partial charge in [-0.2, -0.15) is 0 Å². The summed E-state index contributed by atoms with van der Waals surface area (Å²) >= 11 is 0. The molecule has 20 heavy (non-hydrogen) atoms. The Hall–Kier alpha value is -2.23. The number of nitrogens with zero attached hydrogens (tertiary/aromatic N) is 1. The van der Waals surface area contributed by atoms with E-state index in [0.29, 0.717) is 23.3 Å². The van der Waals surface area contributed by atoms with Gasteiger partial charge in [-0.15, -0.1) is 0 Å². The van der Waals surface area contributed by atoms with E-state index >= 15 is 0 Å². The Labute approximate surface area is 117 Å². The first-order valence-electron chi connectivity index (χ1n) is 6.79. The summed E-state index contributed by atoms with van der Waals surface area (Å²) < 4.78 is 11.0. The number of nitrogens with two attached hydrogens (primary N) is 1. The lowest BCUT2D eigenvalue weighted by atomic mass is 10.0. The van der Waals surface area contributed by atoms with Gasteiger partial charge < -0.3 is 14.7 Å². The van der Waals surface area contributed by atoms with E-state index in [1.165, 1.54) is 5.56 Å². The van der Waals surface area contributed by atoms with Crippen LogP contribution in [-0.4, -0.2) is 5.16 Å². The SMILES string of the molecule is Cc1ccc2oc(-c3noc(N)c3CC(C)C)cc2c1. The molecule has 0 aliphatic carbocycles. The molecule has 0 radical (unpaired) electrons. The Kier molecular flexibility index (Phi) is 3.01. The van der Waals surface area contributed by atoms with E-state index in [1.54, 1.807) is 0 Å². The van der Waals surface area contributed by atoms with Crippen LogP contribution in [0, 0.1) is 12.8 Å². The number of hydrogen-bond donors (Lipinski definition) is 1. The van der Waals surface area contributed by atoms with Crippen molar-refractivity contribution in [2.75, 3.05) is 5.73 Å². The first-order chi connectivity index (χ1) is 9.54. The quantitative estimate of drug-likeness (QED) is 0.775. The van der Waals surface area contributed by atoms with E-state index in [4.69, 9.17) is 14.7 Å². The van der Waals surface area contributed by atoms with Gasteiger partial charge in [-0.05, 0) is 37.5 Å². The zero-order valence-electron chi connectivity index (χ0n) is 11.9. The van der Waals surface area contributed by atoms with Crippen LogP contribution in [0.5, 0.6) is 0 Å². The molecule has 3 aromatic rings. The molecule has 4 heteroatoms. The van der Waals surface area contributed by atoms with Crippen molar-refractivity contribution >= 4 is 16.9 Å². The van der Waals surface area contributed by atoms with Gasteiger partial charge in [0.05, 0.1) is 0 Å². The molecule has 0 saturated heterocycles. The standard InChI is InChI=1S/C16H18N2O2/c1-9(2)6-12-15(18-20-16(12)17)14-8-11-7-10(3)4-5-13(11)19-14/h4-5,7-9H,6,17H2,1-3H3. The van der Waals surface area contributed by atoms with Crippen molar-refractivity contribution in [2.45, 2.75) is 27.2 Å². The molecule has 2 aromatic heterocycles. The van der Waals surface area contributed by atoms with E-state index in [2.05, 4.69) is 32.0 Å². The van der Waals surface area contributed by atoms with E-state index in [-0.39, 0.29) is 0 Å². The maximum Gasteiger partial charge on any atom is 0.226 e. The molecule has 2 heterocycles. The average molecular weight is 270 g/mol. The summed E-state index contributed by atoms with van der Waals surface area (Å²) in [6.07, 6.45) is 0.820. The monoisotopic (exact) mass is 270 g/mol. The van der Waals surface area contributed by atoms with Gasteiger partial charge in [0, 0.05) is 10.9 Å². The van der Waals surface area contributed by atoms with Crippen LogP contribution < -0.4 is 5.73 Å². The normalized spacial score (nSPS) is 11.6. The molecule has 0 saturated carbocycles. The smallest absolute Gasteiger partial charge is 0.226 e. The molecule has 4 nitrogen and oxygen atoms in total. The molecule has 0 spiro atoms. The van der Waals surface area contributed by atoms with Crippen molar-refractivity contribution in [1.29, 1.82) is 0 Å². The average Bonchev–Trinajstić information content (AvgIpc) is 2.93. The van der Waals surface area contributed by atoms with E-state index in [1.807, 2.05) is 18.2 Å². The summed E-state index contributed by atoms with van der Waals surface area (Å²) in [5, 5.41) is 5.13. The van der Waals surface area contributed by atoms with E-state index < -0.39 is 0 Å². The first-order valence-corrected chi connectivity index (χ1v) is 6.79. The molecule has 104 valence electrons. The number of aromatic nitrogens is 1. The predicted molar refractivity (Wildman–Crippen MR) is 79.4 cm³/mol. The van der Waals surface area contributed by atoms with E-state index in [9.17, 15) is 0 Å². The van der Waals surface area contributed by atoms with Gasteiger partial charge in [0.1, 0.15) is 5.58 Å². The molecule has 0 atom stereocenters. The van der Waals surface area contributed by atoms with Crippen LogP contribution >= 0.6 is 0 Å². The number of anilines is 1. The number of aryl methyl sites for hydroxylation is 1. The molecular formula is C16H18N2O2. The first kappa shape index (κ1) is 12.8. The van der Waals surface area contributed by atoms with Gasteiger partial charge in [0.25, 0.3) is 0 Å².